The van der Waals surface area contributed by atoms with Crippen LogP contribution in [0.4, 0.5) is 5.69 Å². The van der Waals surface area contributed by atoms with Crippen LogP contribution in [0.25, 0.3) is 0 Å². The summed E-state index contributed by atoms with van der Waals surface area (Å²) in [6.07, 6.45) is 5.43. The smallest absolute Gasteiger partial charge is 0.287 e. The van der Waals surface area contributed by atoms with Crippen LogP contribution < -0.4 is 10.9 Å². The molecule has 0 saturated carbocycles. The van der Waals surface area contributed by atoms with Gasteiger partial charge in [0.15, 0.2) is 0 Å². The van der Waals surface area contributed by atoms with E-state index in [2.05, 4.69) is 17.0 Å². The molecule has 2 rings (SSSR count). The van der Waals surface area contributed by atoms with Gasteiger partial charge in [0.25, 0.3) is 5.56 Å². The minimum absolute atomic E-state index is 0.213. The van der Waals surface area contributed by atoms with Crippen LogP contribution in [0.3, 0.4) is 0 Å². The van der Waals surface area contributed by atoms with Crippen LogP contribution in [0.15, 0.2) is 23.6 Å². The summed E-state index contributed by atoms with van der Waals surface area (Å²) in [5.74, 6) is 2.30. The first-order valence-electron chi connectivity index (χ1n) is 5.93. The Labute approximate surface area is 115 Å². The Hall–Kier alpha value is -0.940. The van der Waals surface area contributed by atoms with Gasteiger partial charge >= 0.3 is 0 Å². The second kappa shape index (κ2) is 6.29. The van der Waals surface area contributed by atoms with Gasteiger partial charge in [0.05, 0.1) is 18.4 Å². The van der Waals surface area contributed by atoms with Crippen molar-refractivity contribution in [1.82, 2.24) is 9.78 Å². The lowest BCUT2D eigenvalue weighted by atomic mass is 10.1. The van der Waals surface area contributed by atoms with E-state index in [1.54, 1.807) is 12.3 Å². The van der Waals surface area contributed by atoms with E-state index < -0.39 is 0 Å². The number of nitrogens with one attached hydrogen (secondary N) is 1. The van der Waals surface area contributed by atoms with E-state index in [1.807, 2.05) is 11.8 Å². The molecule has 1 fully saturated rings. The summed E-state index contributed by atoms with van der Waals surface area (Å²) in [6, 6.07) is 0.389. The number of rotatable bonds is 4. The summed E-state index contributed by atoms with van der Waals surface area (Å²) < 4.78 is 1.30. The van der Waals surface area contributed by atoms with Gasteiger partial charge in [0, 0.05) is 6.04 Å². The van der Waals surface area contributed by atoms with Crippen molar-refractivity contribution in [3.05, 3.63) is 34.2 Å². The van der Waals surface area contributed by atoms with Crippen LogP contribution in [0.1, 0.15) is 12.8 Å². The normalized spacial score (nSPS) is 16.5. The number of hydrogen-bond acceptors (Lipinski definition) is 4. The Morgan fingerprint density at radius 2 is 2.33 bits per heavy atom. The Morgan fingerprint density at radius 3 is 3.00 bits per heavy atom. The van der Waals surface area contributed by atoms with Crippen LogP contribution in [-0.2, 0) is 6.54 Å². The quantitative estimate of drug-likeness (QED) is 0.863. The summed E-state index contributed by atoms with van der Waals surface area (Å²) in [5.41, 5.74) is 0.366. The topological polar surface area (TPSA) is 46.9 Å². The van der Waals surface area contributed by atoms with Gasteiger partial charge in [-0.05, 0) is 24.3 Å². The van der Waals surface area contributed by atoms with E-state index >= 15 is 0 Å². The molecule has 1 aliphatic rings. The van der Waals surface area contributed by atoms with E-state index in [1.165, 1.54) is 4.68 Å². The van der Waals surface area contributed by atoms with Gasteiger partial charge < -0.3 is 5.32 Å². The molecular formula is C12H16ClN3OS. The van der Waals surface area contributed by atoms with Crippen molar-refractivity contribution in [2.45, 2.75) is 25.4 Å². The molecule has 98 valence electrons. The lowest BCUT2D eigenvalue weighted by Gasteiger charge is -2.23. The largest absolute Gasteiger partial charge is 0.380 e. The third-order valence-electron chi connectivity index (χ3n) is 2.87. The van der Waals surface area contributed by atoms with E-state index in [4.69, 9.17) is 11.6 Å². The lowest BCUT2D eigenvalue weighted by molar-refractivity contribution is 0.642. The molecule has 1 N–H and O–H groups in total. The molecule has 1 saturated heterocycles. The standard InChI is InChI=1S/C12H16ClN3OS/c1-2-5-16-12(17)11(13)10(8-14-16)15-9-3-6-18-7-4-9/h2,8-9,15H,1,3-7H2. The summed E-state index contributed by atoms with van der Waals surface area (Å²) >= 11 is 8.04. The lowest BCUT2D eigenvalue weighted by Crippen LogP contribution is -2.28. The van der Waals surface area contributed by atoms with Crippen LogP contribution >= 0.6 is 23.4 Å². The van der Waals surface area contributed by atoms with Crippen molar-refractivity contribution < 1.29 is 0 Å². The summed E-state index contributed by atoms with van der Waals surface area (Å²) in [6.45, 7) is 3.96. The molecule has 1 aromatic rings. The molecule has 0 aliphatic carbocycles. The Bertz CT molecular complexity index is 483. The Morgan fingerprint density at radius 1 is 1.61 bits per heavy atom. The number of anilines is 1. The predicted octanol–water partition coefficient (Wildman–Crippen LogP) is 2.39. The first-order valence-corrected chi connectivity index (χ1v) is 7.46. The average molecular weight is 286 g/mol. The maximum absolute atomic E-state index is 11.9. The number of hydrogen-bond donors (Lipinski definition) is 1. The van der Waals surface area contributed by atoms with Crippen molar-refractivity contribution >= 4 is 29.1 Å². The van der Waals surface area contributed by atoms with E-state index in [0.29, 0.717) is 18.3 Å². The molecule has 0 atom stereocenters. The molecule has 1 aliphatic heterocycles. The van der Waals surface area contributed by atoms with Crippen molar-refractivity contribution in [2.75, 3.05) is 16.8 Å². The zero-order chi connectivity index (χ0) is 13.0. The molecule has 0 aromatic carbocycles. The van der Waals surface area contributed by atoms with Gasteiger partial charge in [-0.15, -0.1) is 6.58 Å². The van der Waals surface area contributed by atoms with Gasteiger partial charge in [0.1, 0.15) is 5.02 Å². The van der Waals surface area contributed by atoms with Crippen molar-refractivity contribution in [3.8, 4) is 0 Å². The molecule has 0 spiro atoms. The SMILES string of the molecule is C=CCn1ncc(NC2CCSCC2)c(Cl)c1=O. The molecule has 4 nitrogen and oxygen atoms in total. The molecule has 2 heterocycles. The monoisotopic (exact) mass is 285 g/mol. The maximum Gasteiger partial charge on any atom is 0.287 e. The van der Waals surface area contributed by atoms with Crippen LogP contribution in [-0.4, -0.2) is 27.3 Å². The molecule has 1 aromatic heterocycles. The highest BCUT2D eigenvalue weighted by Crippen LogP contribution is 2.23. The molecule has 6 heteroatoms. The third-order valence-corrected chi connectivity index (χ3v) is 4.28. The van der Waals surface area contributed by atoms with Crippen molar-refractivity contribution in [1.29, 1.82) is 0 Å². The van der Waals surface area contributed by atoms with E-state index in [0.717, 1.165) is 24.3 Å². The molecule has 0 amide bonds. The van der Waals surface area contributed by atoms with Gasteiger partial charge in [-0.3, -0.25) is 4.79 Å². The number of thioether (sulfide) groups is 1. The van der Waals surface area contributed by atoms with Gasteiger partial charge in [-0.1, -0.05) is 17.7 Å². The predicted molar refractivity (Wildman–Crippen MR) is 77.7 cm³/mol. The molecule has 0 unspecified atom stereocenters. The minimum Gasteiger partial charge on any atom is -0.380 e. The second-order valence-electron chi connectivity index (χ2n) is 4.18. The number of allylic oxidation sites excluding steroid dienone is 1. The zero-order valence-corrected chi connectivity index (χ0v) is 11.6. The number of halogens is 1. The van der Waals surface area contributed by atoms with Crippen LogP contribution in [0.5, 0.6) is 0 Å². The van der Waals surface area contributed by atoms with Gasteiger partial charge in [0.2, 0.25) is 0 Å². The molecular weight excluding hydrogens is 270 g/mol. The average Bonchev–Trinajstić information content (AvgIpc) is 2.40. The maximum atomic E-state index is 11.9. The zero-order valence-electron chi connectivity index (χ0n) is 10.1. The van der Waals surface area contributed by atoms with Gasteiger partial charge in [-0.25, -0.2) is 4.68 Å². The van der Waals surface area contributed by atoms with E-state index in [9.17, 15) is 4.79 Å². The third kappa shape index (κ3) is 3.09. The number of aromatic nitrogens is 2. The van der Waals surface area contributed by atoms with Gasteiger partial charge in [-0.2, -0.15) is 16.9 Å². The fraction of sp³-hybridized carbons (Fsp3) is 0.500. The Balaban J connectivity index is 2.15. The van der Waals surface area contributed by atoms with Crippen LogP contribution in [0.2, 0.25) is 5.02 Å². The fourth-order valence-electron chi connectivity index (χ4n) is 1.88. The molecule has 0 bridgehead atoms. The fourth-order valence-corrected chi connectivity index (χ4v) is 3.19. The second-order valence-corrected chi connectivity index (χ2v) is 5.78. The summed E-state index contributed by atoms with van der Waals surface area (Å²) in [4.78, 5) is 11.9. The first kappa shape index (κ1) is 13.5. The Kier molecular flexibility index (Phi) is 4.72. The molecule has 18 heavy (non-hydrogen) atoms. The summed E-state index contributed by atoms with van der Waals surface area (Å²) in [7, 11) is 0. The first-order chi connectivity index (χ1) is 8.72. The van der Waals surface area contributed by atoms with E-state index in [-0.39, 0.29) is 10.6 Å². The highest BCUT2D eigenvalue weighted by atomic mass is 35.5. The summed E-state index contributed by atoms with van der Waals surface area (Å²) in [5, 5.41) is 7.60. The van der Waals surface area contributed by atoms with Crippen LogP contribution in [0, 0.1) is 0 Å². The minimum atomic E-state index is -0.272. The highest BCUT2D eigenvalue weighted by molar-refractivity contribution is 7.99. The van der Waals surface area contributed by atoms with Crippen molar-refractivity contribution in [3.63, 3.8) is 0 Å². The van der Waals surface area contributed by atoms with Crippen molar-refractivity contribution in [2.24, 2.45) is 0 Å². The highest BCUT2D eigenvalue weighted by Gasteiger charge is 2.16. The molecule has 0 radical (unpaired) electrons. The number of nitrogens with zero attached hydrogens (tertiary/aromatic N) is 2.